The van der Waals surface area contributed by atoms with Crippen molar-refractivity contribution >= 4 is 11.4 Å². The number of nitrogen functional groups attached to an aromatic ring is 1. The zero-order chi connectivity index (χ0) is 13.2. The smallest absolute Gasteiger partial charge is 0.122 e. The minimum Gasteiger partial charge on any atom is -0.497 e. The maximum atomic E-state index is 5.93. The van der Waals surface area contributed by atoms with Crippen LogP contribution >= 0.6 is 0 Å². The third kappa shape index (κ3) is 2.36. The first kappa shape index (κ1) is 11.9. The monoisotopic (exact) mass is 254 g/mol. The number of hydrogen-bond acceptors (Lipinski definition) is 3. The van der Waals surface area contributed by atoms with Gasteiger partial charge in [-0.1, -0.05) is 24.3 Å². The summed E-state index contributed by atoms with van der Waals surface area (Å²) in [4.78, 5) is 2.35. The number of hydrogen-bond donors (Lipinski definition) is 1. The Hall–Kier alpha value is -2.16. The van der Waals surface area contributed by atoms with Crippen molar-refractivity contribution in [3.05, 3.63) is 53.6 Å². The largest absolute Gasteiger partial charge is 0.497 e. The third-order valence-electron chi connectivity index (χ3n) is 3.65. The number of fused-ring (bicyclic) bond motifs is 1. The molecule has 3 heteroatoms. The molecule has 0 fully saturated rings. The highest BCUT2D eigenvalue weighted by Crippen LogP contribution is 2.29. The minimum absolute atomic E-state index is 0.744. The van der Waals surface area contributed by atoms with Crippen molar-refractivity contribution < 1.29 is 4.74 Å². The first-order valence-corrected chi connectivity index (χ1v) is 6.52. The van der Waals surface area contributed by atoms with Crippen LogP contribution in [0.5, 0.6) is 5.75 Å². The normalized spacial score (nSPS) is 14.1. The van der Waals surface area contributed by atoms with Gasteiger partial charge in [-0.05, 0) is 23.6 Å². The molecule has 19 heavy (non-hydrogen) atoms. The molecule has 2 aromatic rings. The fourth-order valence-corrected chi connectivity index (χ4v) is 2.62. The minimum atomic E-state index is 0.744. The van der Waals surface area contributed by atoms with E-state index in [2.05, 4.69) is 29.2 Å². The molecule has 0 atom stereocenters. The van der Waals surface area contributed by atoms with Crippen LogP contribution in [0.1, 0.15) is 11.1 Å². The van der Waals surface area contributed by atoms with Crippen molar-refractivity contribution in [1.82, 2.24) is 0 Å². The third-order valence-corrected chi connectivity index (χ3v) is 3.65. The zero-order valence-corrected chi connectivity index (χ0v) is 11.1. The van der Waals surface area contributed by atoms with Crippen molar-refractivity contribution in [3.8, 4) is 5.75 Å². The van der Waals surface area contributed by atoms with Crippen molar-refractivity contribution in [2.75, 3.05) is 24.3 Å². The molecule has 0 radical (unpaired) electrons. The number of rotatable bonds is 2. The van der Waals surface area contributed by atoms with Crippen molar-refractivity contribution in [2.45, 2.75) is 13.0 Å². The molecule has 0 amide bonds. The van der Waals surface area contributed by atoms with E-state index in [1.807, 2.05) is 18.2 Å². The quantitative estimate of drug-likeness (QED) is 0.837. The molecule has 98 valence electrons. The van der Waals surface area contributed by atoms with Crippen LogP contribution < -0.4 is 15.4 Å². The molecular formula is C16H18N2O. The van der Waals surface area contributed by atoms with E-state index in [4.69, 9.17) is 10.5 Å². The highest BCUT2D eigenvalue weighted by atomic mass is 16.5. The van der Waals surface area contributed by atoms with Crippen molar-refractivity contribution in [2.24, 2.45) is 0 Å². The number of anilines is 2. The Morgan fingerprint density at radius 3 is 2.68 bits per heavy atom. The second kappa shape index (κ2) is 4.84. The average molecular weight is 254 g/mol. The van der Waals surface area contributed by atoms with Gasteiger partial charge in [-0.25, -0.2) is 0 Å². The van der Waals surface area contributed by atoms with Gasteiger partial charge in [0.2, 0.25) is 0 Å². The summed E-state index contributed by atoms with van der Waals surface area (Å²) in [5, 5.41) is 0. The van der Waals surface area contributed by atoms with Crippen LogP contribution in [0.3, 0.4) is 0 Å². The van der Waals surface area contributed by atoms with Crippen LogP contribution in [-0.2, 0) is 13.0 Å². The predicted octanol–water partition coefficient (Wildman–Crippen LogP) is 2.84. The summed E-state index contributed by atoms with van der Waals surface area (Å²) >= 11 is 0. The van der Waals surface area contributed by atoms with Crippen LogP contribution in [-0.4, -0.2) is 13.7 Å². The van der Waals surface area contributed by atoms with Gasteiger partial charge in [-0.15, -0.1) is 0 Å². The Bertz CT molecular complexity index is 595. The number of methoxy groups -OCH3 is 1. The number of benzene rings is 2. The van der Waals surface area contributed by atoms with Crippen molar-refractivity contribution in [1.29, 1.82) is 0 Å². The SMILES string of the molecule is COc1cc(N)cc(N2CCc3ccccc3C2)c1. The molecule has 3 nitrogen and oxygen atoms in total. The molecule has 0 saturated carbocycles. The Labute approximate surface area is 113 Å². The average Bonchev–Trinajstić information content (AvgIpc) is 2.46. The zero-order valence-electron chi connectivity index (χ0n) is 11.1. The molecule has 0 aliphatic carbocycles. The van der Waals surface area contributed by atoms with E-state index >= 15 is 0 Å². The fraction of sp³-hybridized carbons (Fsp3) is 0.250. The second-order valence-corrected chi connectivity index (χ2v) is 4.90. The van der Waals surface area contributed by atoms with Crippen LogP contribution in [0.15, 0.2) is 42.5 Å². The number of ether oxygens (including phenoxy) is 1. The Kier molecular flexibility index (Phi) is 3.03. The summed E-state index contributed by atoms with van der Waals surface area (Å²) in [5.74, 6) is 0.814. The highest BCUT2D eigenvalue weighted by Gasteiger charge is 2.16. The summed E-state index contributed by atoms with van der Waals surface area (Å²) < 4.78 is 5.29. The van der Waals surface area contributed by atoms with Gasteiger partial charge in [0.1, 0.15) is 5.75 Å². The Morgan fingerprint density at radius 1 is 1.11 bits per heavy atom. The molecule has 3 rings (SSSR count). The van der Waals surface area contributed by atoms with Gasteiger partial charge in [0.15, 0.2) is 0 Å². The molecule has 2 N–H and O–H groups in total. The molecule has 0 bridgehead atoms. The van der Waals surface area contributed by atoms with E-state index in [1.165, 1.54) is 11.1 Å². The highest BCUT2D eigenvalue weighted by molar-refractivity contribution is 5.61. The fourth-order valence-electron chi connectivity index (χ4n) is 2.62. The lowest BCUT2D eigenvalue weighted by Crippen LogP contribution is -2.30. The van der Waals surface area contributed by atoms with Crippen LogP contribution in [0, 0.1) is 0 Å². The maximum absolute atomic E-state index is 5.93. The first-order chi connectivity index (χ1) is 9.26. The summed E-state index contributed by atoms with van der Waals surface area (Å²) in [6.07, 6.45) is 1.08. The molecule has 1 aliphatic rings. The summed E-state index contributed by atoms with van der Waals surface area (Å²) in [6.45, 7) is 1.95. The van der Waals surface area contributed by atoms with E-state index in [0.29, 0.717) is 0 Å². The van der Waals surface area contributed by atoms with E-state index in [1.54, 1.807) is 7.11 Å². The van der Waals surface area contributed by atoms with E-state index in [0.717, 1.165) is 36.6 Å². The molecule has 0 saturated heterocycles. The number of nitrogens with zero attached hydrogens (tertiary/aromatic N) is 1. The molecule has 0 spiro atoms. The summed E-state index contributed by atoms with van der Waals surface area (Å²) in [6, 6.07) is 14.5. The molecule has 1 aliphatic heterocycles. The van der Waals surface area contributed by atoms with E-state index in [9.17, 15) is 0 Å². The van der Waals surface area contributed by atoms with Crippen molar-refractivity contribution in [3.63, 3.8) is 0 Å². The first-order valence-electron chi connectivity index (χ1n) is 6.52. The van der Waals surface area contributed by atoms with Gasteiger partial charge < -0.3 is 15.4 Å². The van der Waals surface area contributed by atoms with Gasteiger partial charge in [-0.3, -0.25) is 0 Å². The molecule has 1 heterocycles. The predicted molar refractivity (Wildman–Crippen MR) is 78.6 cm³/mol. The van der Waals surface area contributed by atoms with Gasteiger partial charge in [0, 0.05) is 36.6 Å². The molecule has 0 unspecified atom stereocenters. The Morgan fingerprint density at radius 2 is 1.89 bits per heavy atom. The van der Waals surface area contributed by atoms with Crippen LogP contribution in [0.25, 0.3) is 0 Å². The van der Waals surface area contributed by atoms with Gasteiger partial charge in [0.05, 0.1) is 7.11 Å². The maximum Gasteiger partial charge on any atom is 0.122 e. The van der Waals surface area contributed by atoms with Gasteiger partial charge in [-0.2, -0.15) is 0 Å². The lowest BCUT2D eigenvalue weighted by atomic mass is 9.99. The molecular weight excluding hydrogens is 236 g/mol. The van der Waals surface area contributed by atoms with Gasteiger partial charge in [0.25, 0.3) is 0 Å². The summed E-state index contributed by atoms with van der Waals surface area (Å²) in [5.41, 5.74) is 10.7. The lowest BCUT2D eigenvalue weighted by molar-refractivity contribution is 0.415. The van der Waals surface area contributed by atoms with E-state index < -0.39 is 0 Å². The second-order valence-electron chi connectivity index (χ2n) is 4.90. The van der Waals surface area contributed by atoms with E-state index in [-0.39, 0.29) is 0 Å². The molecule has 0 aromatic heterocycles. The topological polar surface area (TPSA) is 38.5 Å². The lowest BCUT2D eigenvalue weighted by Gasteiger charge is -2.31. The van der Waals surface area contributed by atoms with Crippen LogP contribution in [0.2, 0.25) is 0 Å². The number of nitrogens with two attached hydrogens (primary N) is 1. The Balaban J connectivity index is 1.90. The standard InChI is InChI=1S/C16H18N2O/c1-19-16-9-14(17)8-15(10-16)18-7-6-12-4-2-3-5-13(12)11-18/h2-5,8-10H,6-7,11,17H2,1H3. The van der Waals surface area contributed by atoms with Gasteiger partial charge >= 0.3 is 0 Å². The molecule has 2 aromatic carbocycles. The van der Waals surface area contributed by atoms with Crippen LogP contribution in [0.4, 0.5) is 11.4 Å². The summed E-state index contributed by atoms with van der Waals surface area (Å²) in [7, 11) is 1.67.